The van der Waals surface area contributed by atoms with Gasteiger partial charge in [0, 0.05) is 28.9 Å². The van der Waals surface area contributed by atoms with Gasteiger partial charge in [0.15, 0.2) is 5.76 Å². The molecule has 0 aliphatic heterocycles. The number of aryl methyl sites for hydroxylation is 1. The van der Waals surface area contributed by atoms with Crippen molar-refractivity contribution in [3.05, 3.63) is 118 Å². The van der Waals surface area contributed by atoms with Gasteiger partial charge in [0.25, 0.3) is 11.6 Å². The fourth-order valence-electron chi connectivity index (χ4n) is 3.93. The molecular weight excluding hydrogens is 486 g/mol. The van der Waals surface area contributed by atoms with E-state index < -0.39 is 10.8 Å². The van der Waals surface area contributed by atoms with Crippen LogP contribution in [-0.4, -0.2) is 16.7 Å². The predicted molar refractivity (Wildman–Crippen MR) is 144 cm³/mol. The van der Waals surface area contributed by atoms with Gasteiger partial charge in [0.1, 0.15) is 17.1 Å². The molecule has 0 aliphatic carbocycles. The highest BCUT2D eigenvalue weighted by Crippen LogP contribution is 2.31. The lowest BCUT2D eigenvalue weighted by Crippen LogP contribution is -2.12. The van der Waals surface area contributed by atoms with Gasteiger partial charge in [-0.25, -0.2) is 0 Å². The molecule has 5 rings (SSSR count). The highest BCUT2D eigenvalue weighted by molar-refractivity contribution is 6.05. The van der Waals surface area contributed by atoms with Crippen molar-refractivity contribution in [3.8, 4) is 11.3 Å². The van der Waals surface area contributed by atoms with Crippen molar-refractivity contribution in [2.75, 3.05) is 10.6 Å². The summed E-state index contributed by atoms with van der Waals surface area (Å²) in [5.41, 5.74) is 2.79. The SMILES string of the molecule is Cc1cc(NC(=O)/C=C/c2ccc(-c3ccccc3[N+](=O)[O-])o2)ccc1NC(=O)c1cc2ccccc2o1. The Morgan fingerprint density at radius 1 is 0.895 bits per heavy atom. The summed E-state index contributed by atoms with van der Waals surface area (Å²) in [6, 6.07) is 23.7. The van der Waals surface area contributed by atoms with E-state index in [-0.39, 0.29) is 17.4 Å². The first-order chi connectivity index (χ1) is 18.4. The number of benzene rings is 3. The number of fused-ring (bicyclic) bond motifs is 1. The zero-order valence-corrected chi connectivity index (χ0v) is 20.1. The molecule has 2 aromatic heterocycles. The van der Waals surface area contributed by atoms with Crippen LogP contribution in [0.4, 0.5) is 17.1 Å². The van der Waals surface area contributed by atoms with Gasteiger partial charge in [0.05, 0.1) is 10.5 Å². The van der Waals surface area contributed by atoms with Gasteiger partial charge in [-0.15, -0.1) is 0 Å². The third-order valence-corrected chi connectivity index (χ3v) is 5.78. The highest BCUT2D eigenvalue weighted by atomic mass is 16.6. The van der Waals surface area contributed by atoms with Crippen molar-refractivity contribution >= 4 is 45.9 Å². The molecule has 38 heavy (non-hydrogen) atoms. The van der Waals surface area contributed by atoms with Crippen LogP contribution in [0.15, 0.2) is 99.8 Å². The van der Waals surface area contributed by atoms with Gasteiger partial charge in [-0.2, -0.15) is 0 Å². The molecule has 0 unspecified atom stereocenters. The lowest BCUT2D eigenvalue weighted by molar-refractivity contribution is -0.384. The molecule has 0 radical (unpaired) electrons. The zero-order valence-electron chi connectivity index (χ0n) is 20.1. The summed E-state index contributed by atoms with van der Waals surface area (Å²) in [4.78, 5) is 35.9. The Hall–Kier alpha value is -5.44. The molecule has 188 valence electrons. The summed E-state index contributed by atoms with van der Waals surface area (Å²) in [5, 5.41) is 17.7. The molecule has 0 atom stereocenters. The second kappa shape index (κ2) is 10.3. The van der Waals surface area contributed by atoms with Crippen LogP contribution in [0.2, 0.25) is 0 Å². The van der Waals surface area contributed by atoms with Crippen molar-refractivity contribution in [1.82, 2.24) is 0 Å². The number of nitrogens with zero attached hydrogens (tertiary/aromatic N) is 1. The van der Waals surface area contributed by atoms with Crippen LogP contribution < -0.4 is 10.6 Å². The number of nitro groups is 1. The van der Waals surface area contributed by atoms with Gasteiger partial charge >= 0.3 is 0 Å². The molecule has 3 aromatic carbocycles. The maximum atomic E-state index is 12.6. The summed E-state index contributed by atoms with van der Waals surface area (Å²) in [5.74, 6) is 0.132. The number of carbonyl (C=O) groups excluding carboxylic acids is 2. The molecule has 2 heterocycles. The average molecular weight is 508 g/mol. The molecule has 0 saturated carbocycles. The summed E-state index contributed by atoms with van der Waals surface area (Å²) in [7, 11) is 0. The second-order valence-electron chi connectivity index (χ2n) is 8.43. The second-order valence-corrected chi connectivity index (χ2v) is 8.43. The summed E-state index contributed by atoms with van der Waals surface area (Å²) in [6.45, 7) is 1.81. The third kappa shape index (κ3) is 5.21. The average Bonchev–Trinajstić information content (AvgIpc) is 3.56. The normalized spacial score (nSPS) is 11.1. The van der Waals surface area contributed by atoms with E-state index in [1.807, 2.05) is 25.1 Å². The van der Waals surface area contributed by atoms with Crippen LogP contribution in [0.5, 0.6) is 0 Å². The number of hydrogen-bond acceptors (Lipinski definition) is 6. The van der Waals surface area contributed by atoms with Crippen molar-refractivity contribution in [1.29, 1.82) is 0 Å². The first-order valence-electron chi connectivity index (χ1n) is 11.6. The van der Waals surface area contributed by atoms with E-state index in [1.165, 1.54) is 18.2 Å². The molecule has 5 aromatic rings. The lowest BCUT2D eigenvalue weighted by atomic mass is 10.1. The quantitative estimate of drug-likeness (QED) is 0.141. The van der Waals surface area contributed by atoms with Gasteiger partial charge in [0.2, 0.25) is 5.91 Å². The molecular formula is C29H21N3O6. The fourth-order valence-corrected chi connectivity index (χ4v) is 3.93. The van der Waals surface area contributed by atoms with Crippen LogP contribution >= 0.6 is 0 Å². The standard InChI is InChI=1S/C29H21N3O6/c1-18-16-20(10-13-23(18)31-29(34)27-17-19-6-2-5-9-25(19)38-27)30-28(33)15-12-21-11-14-26(37-21)22-7-3-4-8-24(22)32(35)36/h2-17H,1H3,(H,30,33)(H,31,34)/b15-12+. The Morgan fingerprint density at radius 2 is 1.68 bits per heavy atom. The van der Waals surface area contributed by atoms with E-state index in [0.29, 0.717) is 34.0 Å². The van der Waals surface area contributed by atoms with Gasteiger partial charge in [-0.3, -0.25) is 19.7 Å². The Kier molecular flexibility index (Phi) is 6.56. The summed E-state index contributed by atoms with van der Waals surface area (Å²) >= 11 is 0. The molecule has 0 aliphatic rings. The van der Waals surface area contributed by atoms with E-state index >= 15 is 0 Å². The molecule has 2 amide bonds. The van der Waals surface area contributed by atoms with Crippen LogP contribution in [-0.2, 0) is 4.79 Å². The molecule has 2 N–H and O–H groups in total. The van der Waals surface area contributed by atoms with E-state index in [9.17, 15) is 19.7 Å². The number of rotatable bonds is 7. The lowest BCUT2D eigenvalue weighted by Gasteiger charge is -2.09. The van der Waals surface area contributed by atoms with Gasteiger partial charge < -0.3 is 19.5 Å². The first-order valence-corrected chi connectivity index (χ1v) is 11.6. The molecule has 9 heteroatoms. The number of anilines is 2. The van der Waals surface area contributed by atoms with Gasteiger partial charge in [-0.05, 0) is 67.1 Å². The van der Waals surface area contributed by atoms with E-state index in [1.54, 1.807) is 60.7 Å². The molecule has 0 saturated heterocycles. The van der Waals surface area contributed by atoms with E-state index in [0.717, 1.165) is 10.9 Å². The smallest absolute Gasteiger partial charge is 0.291 e. The number of para-hydroxylation sites is 2. The number of nitro benzene ring substituents is 1. The Labute approximate surface area is 216 Å². The predicted octanol–water partition coefficient (Wildman–Crippen LogP) is 6.81. The molecule has 0 spiro atoms. The minimum Gasteiger partial charge on any atom is -0.456 e. The minimum absolute atomic E-state index is 0.0669. The first kappa shape index (κ1) is 24.3. The van der Waals surface area contributed by atoms with Crippen LogP contribution in [0, 0.1) is 17.0 Å². The molecule has 0 bridgehead atoms. The van der Waals surface area contributed by atoms with Crippen LogP contribution in [0.25, 0.3) is 28.4 Å². The van der Waals surface area contributed by atoms with Gasteiger partial charge in [-0.1, -0.05) is 30.3 Å². The minimum atomic E-state index is -0.474. The summed E-state index contributed by atoms with van der Waals surface area (Å²) in [6.07, 6.45) is 2.77. The number of furan rings is 2. The number of carbonyl (C=O) groups is 2. The zero-order chi connectivity index (χ0) is 26.6. The number of nitrogens with one attached hydrogen (secondary N) is 2. The molecule has 0 fully saturated rings. The Bertz CT molecular complexity index is 1680. The van der Waals surface area contributed by atoms with E-state index in [2.05, 4.69) is 10.6 Å². The maximum absolute atomic E-state index is 12.6. The topological polar surface area (TPSA) is 128 Å². The fraction of sp³-hybridized carbons (Fsp3) is 0.0345. The van der Waals surface area contributed by atoms with Crippen molar-refractivity contribution in [2.24, 2.45) is 0 Å². The number of hydrogen-bond donors (Lipinski definition) is 2. The van der Waals surface area contributed by atoms with Crippen molar-refractivity contribution in [3.63, 3.8) is 0 Å². The third-order valence-electron chi connectivity index (χ3n) is 5.78. The largest absolute Gasteiger partial charge is 0.456 e. The highest BCUT2D eigenvalue weighted by Gasteiger charge is 2.17. The van der Waals surface area contributed by atoms with Crippen molar-refractivity contribution in [2.45, 2.75) is 6.92 Å². The molecule has 9 nitrogen and oxygen atoms in total. The Morgan fingerprint density at radius 3 is 2.47 bits per heavy atom. The van der Waals surface area contributed by atoms with Crippen LogP contribution in [0.1, 0.15) is 21.9 Å². The summed E-state index contributed by atoms with van der Waals surface area (Å²) < 4.78 is 11.3. The maximum Gasteiger partial charge on any atom is 0.291 e. The van der Waals surface area contributed by atoms with E-state index in [4.69, 9.17) is 8.83 Å². The van der Waals surface area contributed by atoms with Crippen molar-refractivity contribution < 1.29 is 23.3 Å². The monoisotopic (exact) mass is 507 g/mol. The number of amides is 2. The van der Waals surface area contributed by atoms with Crippen LogP contribution in [0.3, 0.4) is 0 Å². The Balaban J connectivity index is 1.22.